The van der Waals surface area contributed by atoms with Crippen molar-refractivity contribution in [2.45, 2.75) is 117 Å². The van der Waals surface area contributed by atoms with Crippen molar-refractivity contribution >= 4 is 45.8 Å². The van der Waals surface area contributed by atoms with Crippen molar-refractivity contribution in [3.63, 3.8) is 0 Å². The lowest BCUT2D eigenvalue weighted by molar-refractivity contribution is -0.217. The first-order valence-electron chi connectivity index (χ1n) is 18.3. The third-order valence-corrected chi connectivity index (χ3v) is 14.6. The highest BCUT2D eigenvalue weighted by atomic mass is 16.7. The lowest BCUT2D eigenvalue weighted by Gasteiger charge is -2.46. The molecule has 5 aliphatic rings. The van der Waals surface area contributed by atoms with Crippen molar-refractivity contribution in [1.29, 1.82) is 0 Å². The Balaban J connectivity index is 1.35. The number of fused-ring (bicyclic) bond motifs is 8. The first-order chi connectivity index (χ1) is 25.1. The molecule has 288 valence electrons. The summed E-state index contributed by atoms with van der Waals surface area (Å²) in [6, 6.07) is 4.81. The number of aryl methyl sites for hydroxylation is 1. The molecule has 13 nitrogen and oxygen atoms in total. The molecule has 0 radical (unpaired) electrons. The van der Waals surface area contributed by atoms with E-state index in [2.05, 4.69) is 0 Å². The molecule has 2 aliphatic carbocycles. The minimum Gasteiger partial charge on any atom is -0.497 e. The molecular weight excluding hydrogens is 700 g/mol. The predicted octanol–water partition coefficient (Wildman–Crippen LogP) is 6.18. The van der Waals surface area contributed by atoms with Crippen LogP contribution < -0.4 is 19.6 Å². The number of benzene rings is 2. The fourth-order valence-electron chi connectivity index (χ4n) is 9.92. The maximum absolute atomic E-state index is 14.8. The van der Waals surface area contributed by atoms with E-state index in [9.17, 15) is 24.0 Å². The second-order valence-electron chi connectivity index (χ2n) is 17.6. The molecule has 2 aromatic carbocycles. The van der Waals surface area contributed by atoms with Crippen LogP contribution in [0.4, 0.5) is 0 Å². The zero-order valence-corrected chi connectivity index (χ0v) is 32.5. The van der Waals surface area contributed by atoms with E-state index >= 15 is 0 Å². The Labute approximate surface area is 311 Å². The molecule has 0 amide bonds. The van der Waals surface area contributed by atoms with E-state index in [1.807, 2.05) is 13.8 Å². The maximum Gasteiger partial charge on any atom is 0.351 e. The van der Waals surface area contributed by atoms with Crippen LogP contribution in [0.1, 0.15) is 98.3 Å². The first-order valence-corrected chi connectivity index (χ1v) is 18.3. The SMILES string of the molecule is COc1cc(C)c2c(=O)c3c(OC)cc4c(c3oc2c1)[C@@H](OC(=O)[C@@]12CCC(C)(C(=O)O1)C2(C)C)[C@@H](OC(=O)[C@@]12CCC(C)(C(=O)O1)C2(C)C)C(C)(C)O4. The predicted molar refractivity (Wildman–Crippen MR) is 191 cm³/mol. The number of carbonyl (C=O) groups is 4. The summed E-state index contributed by atoms with van der Waals surface area (Å²) < 4.78 is 49.1. The first kappa shape index (κ1) is 36.2. The van der Waals surface area contributed by atoms with Crippen molar-refractivity contribution in [2.24, 2.45) is 21.7 Å². The van der Waals surface area contributed by atoms with Crippen molar-refractivity contribution in [2.75, 3.05) is 14.2 Å². The summed E-state index contributed by atoms with van der Waals surface area (Å²) in [6.45, 7) is 15.9. The fraction of sp³-hybridized carbons (Fsp3) is 0.585. The zero-order chi connectivity index (χ0) is 39.3. The van der Waals surface area contributed by atoms with Gasteiger partial charge in [-0.15, -0.1) is 0 Å². The Morgan fingerprint density at radius 3 is 1.74 bits per heavy atom. The number of rotatable bonds is 6. The molecule has 13 heteroatoms. The largest absolute Gasteiger partial charge is 0.497 e. The van der Waals surface area contributed by atoms with Crippen LogP contribution in [0, 0.1) is 28.6 Å². The van der Waals surface area contributed by atoms with Gasteiger partial charge in [0, 0.05) is 23.0 Å². The van der Waals surface area contributed by atoms with Crippen LogP contribution in [0.3, 0.4) is 0 Å². The second kappa shape index (κ2) is 10.7. The molecule has 3 aromatic rings. The molecule has 2 saturated carbocycles. The Hall–Kier alpha value is -4.81. The Kier molecular flexibility index (Phi) is 7.16. The van der Waals surface area contributed by atoms with Gasteiger partial charge >= 0.3 is 23.9 Å². The lowest BCUT2D eigenvalue weighted by atomic mass is 9.66. The number of ether oxygens (including phenoxy) is 7. The van der Waals surface area contributed by atoms with Gasteiger partial charge in [0.2, 0.25) is 16.6 Å². The van der Waals surface area contributed by atoms with E-state index in [-0.39, 0.29) is 51.8 Å². The molecule has 0 N–H and O–H groups in total. The maximum atomic E-state index is 14.8. The monoisotopic (exact) mass is 746 g/mol. The van der Waals surface area contributed by atoms with Crippen LogP contribution in [-0.2, 0) is 38.1 Å². The molecule has 2 unspecified atom stereocenters. The number of esters is 4. The molecule has 0 spiro atoms. The van der Waals surface area contributed by atoms with Crippen molar-refractivity contribution in [3.8, 4) is 17.2 Å². The average Bonchev–Trinajstić information content (AvgIpc) is 3.56. The summed E-state index contributed by atoms with van der Waals surface area (Å²) in [5, 5.41) is 0.328. The van der Waals surface area contributed by atoms with E-state index in [0.29, 0.717) is 24.2 Å². The van der Waals surface area contributed by atoms with Crippen LogP contribution in [0.2, 0.25) is 0 Å². The highest BCUT2D eigenvalue weighted by molar-refractivity contribution is 5.99. The molecule has 4 heterocycles. The van der Waals surface area contributed by atoms with Crippen LogP contribution in [-0.4, -0.2) is 61.0 Å². The molecule has 3 aliphatic heterocycles. The van der Waals surface area contributed by atoms with Gasteiger partial charge in [-0.1, -0.05) is 27.7 Å². The standard InChI is InChI=1S/C41H46O13/c1-19-16-20(47-10)17-22-24(19)27(42)25-21(48-11)18-23-26(28(25)49-22)29(50-33(45)40-14-12-38(8,31(43)53-40)36(40,4)5)30(35(2,3)52-23)51-34(46)41-15-13-39(9,32(44)54-41)37(41,6)7/h16-18,29-30H,12-15H2,1-11H3/t29-,30-,38?,39?,40-,41-/m1/s1. The molecule has 4 bridgehead atoms. The molecule has 4 fully saturated rings. The number of methoxy groups -OCH3 is 2. The van der Waals surface area contributed by atoms with Gasteiger partial charge in [-0.3, -0.25) is 14.4 Å². The third-order valence-electron chi connectivity index (χ3n) is 14.6. The molecular formula is C41H46O13. The van der Waals surface area contributed by atoms with Crippen molar-refractivity contribution in [1.82, 2.24) is 0 Å². The summed E-state index contributed by atoms with van der Waals surface area (Å²) >= 11 is 0. The smallest absolute Gasteiger partial charge is 0.351 e. The van der Waals surface area contributed by atoms with Gasteiger partial charge < -0.3 is 37.6 Å². The lowest BCUT2D eigenvalue weighted by Crippen LogP contribution is -2.57. The van der Waals surface area contributed by atoms with Gasteiger partial charge in [-0.2, -0.15) is 0 Å². The van der Waals surface area contributed by atoms with Crippen LogP contribution >= 0.6 is 0 Å². The topological polar surface area (TPSA) is 163 Å². The van der Waals surface area contributed by atoms with E-state index in [1.54, 1.807) is 60.6 Å². The Morgan fingerprint density at radius 2 is 1.26 bits per heavy atom. The summed E-state index contributed by atoms with van der Waals surface area (Å²) in [6.07, 6.45) is -1.64. The third kappa shape index (κ3) is 4.02. The minimum atomic E-state index is -1.66. The van der Waals surface area contributed by atoms with Crippen LogP contribution in [0.25, 0.3) is 21.9 Å². The van der Waals surface area contributed by atoms with E-state index < -0.39 is 80.0 Å². The van der Waals surface area contributed by atoms with Crippen LogP contribution in [0.5, 0.6) is 17.2 Å². The summed E-state index contributed by atoms with van der Waals surface area (Å²) in [5.74, 6) is -1.93. The fourth-order valence-corrected chi connectivity index (χ4v) is 9.92. The Bertz CT molecular complexity index is 2300. The van der Waals surface area contributed by atoms with Gasteiger partial charge in [-0.05, 0) is 71.9 Å². The average molecular weight is 747 g/mol. The quantitative estimate of drug-likeness (QED) is 0.160. The van der Waals surface area contributed by atoms with E-state index in [4.69, 9.17) is 37.6 Å². The number of hydrogen-bond acceptors (Lipinski definition) is 13. The van der Waals surface area contributed by atoms with Gasteiger partial charge in [0.15, 0.2) is 17.8 Å². The van der Waals surface area contributed by atoms with Gasteiger partial charge in [-0.25, -0.2) is 9.59 Å². The van der Waals surface area contributed by atoms with Gasteiger partial charge in [0.25, 0.3) is 0 Å². The number of hydrogen-bond donors (Lipinski definition) is 0. The molecule has 6 atom stereocenters. The van der Waals surface area contributed by atoms with Crippen molar-refractivity contribution < 1.29 is 56.8 Å². The Morgan fingerprint density at radius 1 is 0.704 bits per heavy atom. The van der Waals surface area contributed by atoms with E-state index in [0.717, 1.165) is 0 Å². The molecule has 1 aromatic heterocycles. The van der Waals surface area contributed by atoms with Crippen LogP contribution in [0.15, 0.2) is 27.4 Å². The minimum absolute atomic E-state index is 0.0282. The van der Waals surface area contributed by atoms with E-state index in [1.165, 1.54) is 20.3 Å². The highest BCUT2D eigenvalue weighted by Crippen LogP contribution is 2.68. The van der Waals surface area contributed by atoms with Crippen molar-refractivity contribution in [3.05, 3.63) is 39.5 Å². The van der Waals surface area contributed by atoms with Gasteiger partial charge in [0.05, 0.1) is 36.0 Å². The normalized spacial score (nSPS) is 33.5. The zero-order valence-electron chi connectivity index (χ0n) is 32.5. The molecule has 2 saturated heterocycles. The molecule has 54 heavy (non-hydrogen) atoms. The summed E-state index contributed by atoms with van der Waals surface area (Å²) in [4.78, 5) is 70.3. The second-order valence-corrected chi connectivity index (χ2v) is 17.6. The summed E-state index contributed by atoms with van der Waals surface area (Å²) in [5.41, 5.74) is -8.05. The summed E-state index contributed by atoms with van der Waals surface area (Å²) in [7, 11) is 2.91. The number of carbonyl (C=O) groups excluding carboxylic acids is 4. The van der Waals surface area contributed by atoms with Gasteiger partial charge in [0.1, 0.15) is 33.8 Å². The highest BCUT2D eigenvalue weighted by Gasteiger charge is 2.78. The molecule has 8 rings (SSSR count).